The second-order valence-electron chi connectivity index (χ2n) is 6.38. The third kappa shape index (κ3) is 6.62. The molecule has 12 heteroatoms. The van der Waals surface area contributed by atoms with E-state index in [1.165, 1.54) is 12.1 Å². The van der Waals surface area contributed by atoms with Gasteiger partial charge in [-0.05, 0) is 48.6 Å². The first-order chi connectivity index (χ1) is 13.8. The van der Waals surface area contributed by atoms with Crippen molar-refractivity contribution >= 4 is 34.9 Å². The summed E-state index contributed by atoms with van der Waals surface area (Å²) in [5, 5.41) is 6.19. The summed E-state index contributed by atoms with van der Waals surface area (Å²) in [7, 11) is 0. The molecule has 1 aromatic carbocycles. The largest absolute Gasteiger partial charge is 0.389 e. The van der Waals surface area contributed by atoms with Crippen LogP contribution >= 0.6 is 0 Å². The third-order valence-corrected chi connectivity index (χ3v) is 5.12. The molecule has 0 amide bonds. The lowest BCUT2D eigenvalue weighted by atomic mass is 9.78. The van der Waals surface area contributed by atoms with Crippen molar-refractivity contribution in [2.75, 3.05) is 18.8 Å². The summed E-state index contributed by atoms with van der Waals surface area (Å²) in [6.07, 6.45) is 0.304. The summed E-state index contributed by atoms with van der Waals surface area (Å²) in [5.74, 6) is -6.71. The van der Waals surface area contributed by atoms with Crippen LogP contribution in [0.3, 0.4) is 0 Å². The minimum Gasteiger partial charge on any atom is -0.389 e. The molecule has 11 nitrogen and oxygen atoms in total. The van der Waals surface area contributed by atoms with Gasteiger partial charge in [0.1, 0.15) is 0 Å². The van der Waals surface area contributed by atoms with Gasteiger partial charge in [0.05, 0.1) is 11.3 Å². The second-order valence-corrected chi connectivity index (χ2v) is 7.36. The molecule has 0 spiro atoms. The van der Waals surface area contributed by atoms with Crippen LogP contribution in [0.25, 0.3) is 0 Å². The molecule has 0 aliphatic carbocycles. The molecule has 4 atom stereocenters. The molecule has 2 rings (SSSR count). The summed E-state index contributed by atoms with van der Waals surface area (Å²) < 4.78 is 25.4. The minimum absolute atomic E-state index is 0.121. The SMILES string of the molecule is NC(N)=NOC(=O)C(C(=O)OC(=O)c1ccccc1)C1CCNCC1CS(=O)O. The molecule has 6 N–H and O–H groups in total. The van der Waals surface area contributed by atoms with E-state index < -0.39 is 52.7 Å². The molecule has 1 heterocycles. The number of benzene rings is 1. The number of nitrogens with zero attached hydrogens (tertiary/aromatic N) is 1. The van der Waals surface area contributed by atoms with E-state index in [0.717, 1.165) is 0 Å². The van der Waals surface area contributed by atoms with Crippen molar-refractivity contribution in [2.45, 2.75) is 6.42 Å². The Morgan fingerprint density at radius 3 is 2.55 bits per heavy atom. The maximum Gasteiger partial charge on any atom is 0.349 e. The maximum absolute atomic E-state index is 12.7. The van der Waals surface area contributed by atoms with Crippen molar-refractivity contribution in [3.8, 4) is 0 Å². The normalized spacial score (nSPS) is 20.7. The molecule has 4 unspecified atom stereocenters. The minimum atomic E-state index is -2.16. The first-order valence-corrected chi connectivity index (χ1v) is 9.96. The van der Waals surface area contributed by atoms with Crippen LogP contribution in [0.15, 0.2) is 35.5 Å². The van der Waals surface area contributed by atoms with Crippen molar-refractivity contribution < 1.29 is 32.7 Å². The maximum atomic E-state index is 12.7. The molecule has 1 saturated heterocycles. The van der Waals surface area contributed by atoms with Crippen LogP contribution in [0.4, 0.5) is 0 Å². The van der Waals surface area contributed by atoms with E-state index in [4.69, 9.17) is 16.2 Å². The van der Waals surface area contributed by atoms with Crippen LogP contribution in [0.2, 0.25) is 0 Å². The molecule has 0 aromatic heterocycles. The topological polar surface area (TPSA) is 183 Å². The third-order valence-electron chi connectivity index (χ3n) is 4.40. The zero-order valence-corrected chi connectivity index (χ0v) is 16.2. The Kier molecular flexibility index (Phi) is 8.24. The van der Waals surface area contributed by atoms with E-state index in [9.17, 15) is 23.1 Å². The van der Waals surface area contributed by atoms with E-state index in [1.54, 1.807) is 18.2 Å². The summed E-state index contributed by atoms with van der Waals surface area (Å²) in [5.41, 5.74) is 10.4. The zero-order chi connectivity index (χ0) is 21.4. The zero-order valence-electron chi connectivity index (χ0n) is 15.4. The number of oxime groups is 1. The van der Waals surface area contributed by atoms with Gasteiger partial charge in [0, 0.05) is 0 Å². The highest BCUT2D eigenvalue weighted by molar-refractivity contribution is 7.79. The summed E-state index contributed by atoms with van der Waals surface area (Å²) in [6, 6.07) is 7.76. The fraction of sp³-hybridized carbons (Fsp3) is 0.412. The van der Waals surface area contributed by atoms with Gasteiger partial charge in [-0.3, -0.25) is 4.79 Å². The number of ether oxygens (including phenoxy) is 1. The van der Waals surface area contributed by atoms with Crippen molar-refractivity contribution in [3.05, 3.63) is 35.9 Å². The number of hydrogen-bond acceptors (Lipinski definition) is 8. The van der Waals surface area contributed by atoms with Gasteiger partial charge >= 0.3 is 17.9 Å². The average molecular weight is 426 g/mol. The molecule has 0 radical (unpaired) electrons. The van der Waals surface area contributed by atoms with Gasteiger partial charge < -0.3 is 30.9 Å². The van der Waals surface area contributed by atoms with Crippen molar-refractivity contribution in [1.29, 1.82) is 0 Å². The molecular weight excluding hydrogens is 404 g/mol. The molecule has 158 valence electrons. The van der Waals surface area contributed by atoms with Crippen LogP contribution in [0, 0.1) is 17.8 Å². The van der Waals surface area contributed by atoms with Crippen molar-refractivity contribution in [1.82, 2.24) is 5.32 Å². The highest BCUT2D eigenvalue weighted by Crippen LogP contribution is 2.30. The first kappa shape index (κ1) is 22.5. The molecule has 0 saturated carbocycles. The number of esters is 2. The average Bonchev–Trinajstić information content (AvgIpc) is 2.68. The van der Waals surface area contributed by atoms with Gasteiger partial charge in [0.25, 0.3) is 0 Å². The van der Waals surface area contributed by atoms with E-state index in [0.29, 0.717) is 19.5 Å². The number of rotatable bonds is 7. The Labute approximate surface area is 169 Å². The number of nitrogens with one attached hydrogen (secondary N) is 1. The standard InChI is InChI=1S/C17H22N4O7S/c18-17(19)21-28-16(24)13(12-6-7-20-8-11(12)9-29(25)26)15(23)27-14(22)10-4-2-1-3-5-10/h1-5,11-13,20H,6-9H2,(H,25,26)(H4,18,19,21). The Hall–Kier alpha value is -2.83. The Balaban J connectivity index is 2.26. The van der Waals surface area contributed by atoms with Gasteiger partial charge in [-0.2, -0.15) is 0 Å². The Bertz CT molecular complexity index is 798. The quantitative estimate of drug-likeness (QED) is 0.0815. The molecule has 1 aliphatic heterocycles. The summed E-state index contributed by atoms with van der Waals surface area (Å²) in [4.78, 5) is 42.1. The molecule has 1 aromatic rings. The van der Waals surface area contributed by atoms with Crippen molar-refractivity contribution in [3.63, 3.8) is 0 Å². The molecular formula is C17H22N4O7S. The van der Waals surface area contributed by atoms with E-state index in [1.807, 2.05) is 0 Å². The number of carbonyl (C=O) groups is 3. The van der Waals surface area contributed by atoms with Crippen molar-refractivity contribution in [2.24, 2.45) is 34.4 Å². The summed E-state index contributed by atoms with van der Waals surface area (Å²) in [6.45, 7) is 0.744. The van der Waals surface area contributed by atoms with Gasteiger partial charge in [-0.25, -0.2) is 13.8 Å². The monoisotopic (exact) mass is 426 g/mol. The van der Waals surface area contributed by atoms with E-state index in [-0.39, 0.29) is 11.3 Å². The van der Waals surface area contributed by atoms with Gasteiger partial charge in [0.2, 0.25) is 5.96 Å². The van der Waals surface area contributed by atoms with Crippen LogP contribution in [-0.2, 0) is 30.2 Å². The predicted octanol–water partition coefficient (Wildman–Crippen LogP) is -0.835. The lowest BCUT2D eigenvalue weighted by Gasteiger charge is -2.34. The number of hydrogen-bond donors (Lipinski definition) is 4. The molecule has 1 fully saturated rings. The van der Waals surface area contributed by atoms with Crippen LogP contribution in [0.5, 0.6) is 0 Å². The molecule has 29 heavy (non-hydrogen) atoms. The highest BCUT2D eigenvalue weighted by atomic mass is 32.2. The van der Waals surface area contributed by atoms with Crippen LogP contribution in [-0.4, -0.2) is 51.5 Å². The Morgan fingerprint density at radius 1 is 1.24 bits per heavy atom. The number of piperidine rings is 1. The first-order valence-electron chi connectivity index (χ1n) is 8.68. The Morgan fingerprint density at radius 2 is 1.93 bits per heavy atom. The smallest absolute Gasteiger partial charge is 0.349 e. The lowest BCUT2D eigenvalue weighted by molar-refractivity contribution is -0.163. The number of guanidine groups is 1. The van der Waals surface area contributed by atoms with Crippen LogP contribution in [0.1, 0.15) is 16.8 Å². The summed E-state index contributed by atoms with van der Waals surface area (Å²) >= 11 is -2.16. The number of nitrogens with two attached hydrogens (primary N) is 2. The fourth-order valence-electron chi connectivity index (χ4n) is 3.14. The molecule has 1 aliphatic rings. The van der Waals surface area contributed by atoms with Gasteiger partial charge in [0.15, 0.2) is 17.0 Å². The van der Waals surface area contributed by atoms with E-state index in [2.05, 4.69) is 15.3 Å². The predicted molar refractivity (Wildman–Crippen MR) is 102 cm³/mol. The van der Waals surface area contributed by atoms with Crippen LogP contribution < -0.4 is 16.8 Å². The highest BCUT2D eigenvalue weighted by Gasteiger charge is 2.44. The van der Waals surface area contributed by atoms with Gasteiger partial charge in [-0.1, -0.05) is 18.2 Å². The lowest BCUT2D eigenvalue weighted by Crippen LogP contribution is -2.47. The fourth-order valence-corrected chi connectivity index (χ4v) is 3.87. The molecule has 0 bridgehead atoms. The van der Waals surface area contributed by atoms with E-state index >= 15 is 0 Å². The van der Waals surface area contributed by atoms with Gasteiger partial charge in [-0.15, -0.1) is 0 Å². The number of carbonyl (C=O) groups excluding carboxylic acids is 3. The second kappa shape index (κ2) is 10.6.